The molecule has 0 spiro atoms. The fraction of sp³-hybridized carbons (Fsp3) is 0.636. The highest BCUT2D eigenvalue weighted by atomic mass is 16.6. The maximum atomic E-state index is 12.3. The molecule has 2 unspecified atom stereocenters. The van der Waals surface area contributed by atoms with Crippen molar-refractivity contribution in [1.82, 2.24) is 24.5 Å². The zero-order chi connectivity index (χ0) is 14.9. The Balaban J connectivity index is 2.07. The van der Waals surface area contributed by atoms with Crippen LogP contribution in [0.5, 0.6) is 0 Å². The van der Waals surface area contributed by atoms with E-state index in [1.165, 1.54) is 9.25 Å². The van der Waals surface area contributed by atoms with Gasteiger partial charge in [-0.3, -0.25) is 0 Å². The van der Waals surface area contributed by atoms with Gasteiger partial charge in [0.05, 0.1) is 6.54 Å². The number of rotatable bonds is 1. The Labute approximate surface area is 118 Å². The van der Waals surface area contributed by atoms with Gasteiger partial charge in [-0.1, -0.05) is 5.21 Å². The molecule has 2 N–H and O–H groups in total. The molecule has 1 saturated heterocycles. The summed E-state index contributed by atoms with van der Waals surface area (Å²) in [6.07, 6.45) is -3.89. The average Bonchev–Trinajstić information content (AvgIpc) is 2.89. The first-order valence-corrected chi connectivity index (χ1v) is 6.53. The van der Waals surface area contributed by atoms with E-state index in [-0.39, 0.29) is 6.54 Å². The molecule has 2 aliphatic rings. The summed E-state index contributed by atoms with van der Waals surface area (Å²) in [5.41, 5.74) is 0.322. The number of aromatic nitrogens is 5. The molecule has 4 rings (SSSR count). The number of hydrogen-bond acceptors (Lipinski definition) is 8. The molecular weight excluding hydrogens is 280 g/mol. The lowest BCUT2D eigenvalue weighted by Gasteiger charge is -2.20. The number of nitrogens with zero attached hydrogens (tertiary/aromatic N) is 6. The average molecular weight is 294 g/mol. The smallest absolute Gasteiger partial charge is 0.353 e. The van der Waals surface area contributed by atoms with Crippen LogP contribution in [-0.4, -0.2) is 67.2 Å². The Morgan fingerprint density at radius 3 is 2.81 bits per heavy atom. The molecule has 21 heavy (non-hydrogen) atoms. The van der Waals surface area contributed by atoms with Crippen LogP contribution in [0.4, 0.5) is 5.82 Å². The van der Waals surface area contributed by atoms with Crippen LogP contribution in [0.15, 0.2) is 4.79 Å². The van der Waals surface area contributed by atoms with E-state index in [0.717, 1.165) is 0 Å². The summed E-state index contributed by atoms with van der Waals surface area (Å²) >= 11 is 0. The summed E-state index contributed by atoms with van der Waals surface area (Å²) in [4.78, 5) is 18.0. The summed E-state index contributed by atoms with van der Waals surface area (Å²) in [6, 6.07) is 0. The van der Waals surface area contributed by atoms with Gasteiger partial charge in [-0.05, 0) is 0 Å². The lowest BCUT2D eigenvalue weighted by atomic mass is 10.1. The summed E-state index contributed by atoms with van der Waals surface area (Å²) in [5, 5.41) is 28.1. The third-order valence-corrected chi connectivity index (χ3v) is 3.92. The van der Waals surface area contributed by atoms with Gasteiger partial charge in [0.15, 0.2) is 23.2 Å². The van der Waals surface area contributed by atoms with Gasteiger partial charge in [0, 0.05) is 14.1 Å². The first-order chi connectivity index (χ1) is 9.99. The zero-order valence-electron chi connectivity index (χ0n) is 11.4. The van der Waals surface area contributed by atoms with Crippen LogP contribution in [-0.2, 0) is 11.3 Å². The van der Waals surface area contributed by atoms with Crippen molar-refractivity contribution in [1.29, 1.82) is 0 Å². The van der Waals surface area contributed by atoms with E-state index < -0.39 is 30.2 Å². The topological polar surface area (TPSA) is 119 Å². The minimum absolute atomic E-state index is 0.210. The molecule has 0 amide bonds. The normalized spacial score (nSPS) is 30.7. The van der Waals surface area contributed by atoms with Gasteiger partial charge in [0.1, 0.15) is 18.3 Å². The lowest BCUT2D eigenvalue weighted by molar-refractivity contribution is -0.0357. The second-order valence-electron chi connectivity index (χ2n) is 5.47. The number of aliphatic hydroxyl groups is 2. The first-order valence-electron chi connectivity index (χ1n) is 6.53. The van der Waals surface area contributed by atoms with Crippen LogP contribution in [0.2, 0.25) is 0 Å². The van der Waals surface area contributed by atoms with Crippen molar-refractivity contribution < 1.29 is 14.9 Å². The van der Waals surface area contributed by atoms with Crippen molar-refractivity contribution >= 4 is 17.0 Å². The van der Waals surface area contributed by atoms with Crippen LogP contribution in [0.25, 0.3) is 11.2 Å². The molecule has 0 aliphatic carbocycles. The van der Waals surface area contributed by atoms with E-state index in [1.54, 1.807) is 19.0 Å². The summed E-state index contributed by atoms with van der Waals surface area (Å²) < 4.78 is 8.30. The quantitative estimate of drug-likeness (QED) is 0.602. The number of aliphatic hydroxyl groups excluding tert-OH is 2. The molecule has 0 aromatic carbocycles. The molecule has 4 heterocycles. The molecule has 2 aromatic rings. The lowest BCUT2D eigenvalue weighted by Crippen LogP contribution is -2.39. The fourth-order valence-corrected chi connectivity index (χ4v) is 2.91. The molecule has 2 aliphatic heterocycles. The molecule has 2 aromatic heterocycles. The van der Waals surface area contributed by atoms with Crippen LogP contribution in [0, 0.1) is 0 Å². The Kier molecular flexibility index (Phi) is 2.41. The van der Waals surface area contributed by atoms with Crippen LogP contribution in [0.1, 0.15) is 6.23 Å². The van der Waals surface area contributed by atoms with Gasteiger partial charge >= 0.3 is 5.69 Å². The SMILES string of the molecule is CN(C)c1nc(=O)n2c3c1nnn3C[C@@H]1O[C@H]2C(O)C1O. The van der Waals surface area contributed by atoms with Crippen molar-refractivity contribution in [3.05, 3.63) is 10.5 Å². The van der Waals surface area contributed by atoms with Gasteiger partial charge in [-0.25, -0.2) is 14.0 Å². The Bertz CT molecular complexity index is 783. The molecule has 0 radical (unpaired) electrons. The van der Waals surface area contributed by atoms with Crippen LogP contribution < -0.4 is 10.6 Å². The zero-order valence-corrected chi connectivity index (χ0v) is 11.4. The standard InChI is InChI=1S/C11H14N6O4/c1-15(2)8-5-9-16(14-13-5)3-4-6(18)7(19)10(21-4)17(9)11(20)12-8/h4,6-7,10,18-19H,3H2,1-2H3/t4-,6?,7?,10-/m0/s1. The monoisotopic (exact) mass is 294 g/mol. The predicted molar refractivity (Wildman–Crippen MR) is 69.8 cm³/mol. The molecule has 10 heteroatoms. The third kappa shape index (κ3) is 1.51. The van der Waals surface area contributed by atoms with Crippen LogP contribution >= 0.6 is 0 Å². The van der Waals surface area contributed by atoms with E-state index in [2.05, 4.69) is 15.3 Å². The van der Waals surface area contributed by atoms with E-state index in [1.807, 2.05) is 0 Å². The molecule has 0 saturated carbocycles. The van der Waals surface area contributed by atoms with E-state index in [4.69, 9.17) is 4.74 Å². The number of anilines is 1. The van der Waals surface area contributed by atoms with Crippen molar-refractivity contribution in [2.24, 2.45) is 0 Å². The minimum atomic E-state index is -1.19. The molecule has 1 fully saturated rings. The Morgan fingerprint density at radius 1 is 1.33 bits per heavy atom. The van der Waals surface area contributed by atoms with Gasteiger partial charge < -0.3 is 19.8 Å². The van der Waals surface area contributed by atoms with Crippen molar-refractivity contribution in [3.63, 3.8) is 0 Å². The molecule has 10 nitrogen and oxygen atoms in total. The molecule has 112 valence electrons. The second-order valence-corrected chi connectivity index (χ2v) is 5.47. The maximum absolute atomic E-state index is 12.3. The summed E-state index contributed by atoms with van der Waals surface area (Å²) in [7, 11) is 3.51. The highest BCUT2D eigenvalue weighted by Gasteiger charge is 2.47. The predicted octanol–water partition coefficient (Wildman–Crippen LogP) is -2.31. The fourth-order valence-electron chi connectivity index (χ4n) is 2.91. The Morgan fingerprint density at radius 2 is 2.10 bits per heavy atom. The summed E-state index contributed by atoms with van der Waals surface area (Å²) in [6.45, 7) is 0.210. The van der Waals surface area contributed by atoms with Crippen molar-refractivity contribution in [3.8, 4) is 0 Å². The van der Waals surface area contributed by atoms with Gasteiger partial charge in [-0.2, -0.15) is 4.98 Å². The highest BCUT2D eigenvalue weighted by Crippen LogP contribution is 2.35. The molecular formula is C11H14N6O4. The number of fused-ring (bicyclic) bond motifs is 3. The molecule has 2 bridgehead atoms. The van der Waals surface area contributed by atoms with E-state index in [0.29, 0.717) is 17.0 Å². The maximum Gasteiger partial charge on any atom is 0.353 e. The van der Waals surface area contributed by atoms with Crippen molar-refractivity contribution in [2.75, 3.05) is 19.0 Å². The van der Waals surface area contributed by atoms with Crippen molar-refractivity contribution in [2.45, 2.75) is 31.1 Å². The Hall–Kier alpha value is -2.04. The highest BCUT2D eigenvalue weighted by molar-refractivity contribution is 5.83. The number of hydrogen-bond donors (Lipinski definition) is 2. The van der Waals surface area contributed by atoms with Gasteiger partial charge in [0.2, 0.25) is 0 Å². The minimum Gasteiger partial charge on any atom is -0.387 e. The van der Waals surface area contributed by atoms with Crippen LogP contribution in [0.3, 0.4) is 0 Å². The first kappa shape index (κ1) is 12.7. The third-order valence-electron chi connectivity index (χ3n) is 3.92. The van der Waals surface area contributed by atoms with E-state index in [9.17, 15) is 15.0 Å². The van der Waals surface area contributed by atoms with E-state index >= 15 is 0 Å². The summed E-state index contributed by atoms with van der Waals surface area (Å²) in [5.74, 6) is 0.408. The molecule has 4 atom stereocenters. The number of ether oxygens (including phenoxy) is 1. The van der Waals surface area contributed by atoms with Gasteiger partial charge in [-0.15, -0.1) is 5.10 Å². The van der Waals surface area contributed by atoms with Gasteiger partial charge in [0.25, 0.3) is 0 Å². The largest absolute Gasteiger partial charge is 0.387 e. The second kappa shape index (κ2) is 4.00.